The molecule has 3 radical (unpaired) electrons. The fourth-order valence-electron chi connectivity index (χ4n) is 0. The van der Waals surface area contributed by atoms with E-state index >= 15 is 0 Å². The van der Waals surface area contributed by atoms with Gasteiger partial charge in [-0.15, -0.1) is 120 Å². The predicted molar refractivity (Wildman–Crippen MR) is 82.8 cm³/mol. The van der Waals surface area contributed by atoms with Crippen molar-refractivity contribution in [2.45, 2.75) is 0 Å². The molecule has 0 aromatic carbocycles. The van der Waals surface area contributed by atoms with E-state index in [0.717, 1.165) is 0 Å². The van der Waals surface area contributed by atoms with Gasteiger partial charge in [-0.2, -0.15) is 0 Å². The van der Waals surface area contributed by atoms with Crippen LogP contribution in [0.1, 0.15) is 0 Å². The normalized spacial score (nSPS) is 0. The maximum atomic E-state index is 0. The van der Waals surface area contributed by atoms with Crippen LogP contribution < -0.4 is 0 Å². The third-order valence-corrected chi connectivity index (χ3v) is 0. The Morgan fingerprint density at radius 2 is 0.333 bits per heavy atom. The van der Waals surface area contributed by atoms with Gasteiger partial charge < -0.3 is 0 Å². The molecule has 0 rings (SSSR count). The summed E-state index contributed by atoms with van der Waals surface area (Å²) in [6, 6.07) is 0. The van der Waals surface area contributed by atoms with E-state index < -0.39 is 0 Å². The van der Waals surface area contributed by atoms with E-state index in [1.165, 1.54) is 0 Å². The first-order valence-electron chi connectivity index (χ1n) is 0. The van der Waals surface area contributed by atoms with Gasteiger partial charge in [0.25, 0.3) is 0 Å². The fourth-order valence-corrected chi connectivity index (χ4v) is 0. The third kappa shape index (κ3) is 24.1. The third-order valence-electron chi connectivity index (χ3n) is 0. The zero-order valence-corrected chi connectivity index (χ0v) is 16.0. The van der Waals surface area contributed by atoms with E-state index in [-0.39, 0.29) is 138 Å². The molecule has 0 aliphatic carbocycles. The second-order valence-corrected chi connectivity index (χ2v) is 0. The van der Waals surface area contributed by atoms with Crippen LogP contribution in [0.25, 0.3) is 0 Å². The van der Waals surface area contributed by atoms with Crippen LogP contribution in [-0.2, 0) is 0 Å². The molecule has 6 heteroatoms. The van der Waals surface area contributed by atoms with E-state index in [0.29, 0.717) is 0 Å². The molecule has 0 aliphatic heterocycles. The Morgan fingerprint density at radius 1 is 0.333 bits per heavy atom. The minimum Gasteiger partial charge on any atom is -0.107 e. The van der Waals surface area contributed by atoms with Crippen LogP contribution in [0, 0.1) is 0 Å². The van der Waals surface area contributed by atoms with E-state index in [1.54, 1.807) is 0 Å². The molecule has 0 atom stereocenters. The Labute approximate surface area is 135 Å². The molecule has 0 unspecified atom stereocenters. The Bertz CT molecular complexity index is 3.90. The van der Waals surface area contributed by atoms with Crippen molar-refractivity contribution in [2.24, 2.45) is 0 Å². The first-order chi connectivity index (χ1) is 0. The van der Waals surface area contributed by atoms with Crippen molar-refractivity contribution in [1.82, 2.24) is 0 Å². The molecule has 0 saturated heterocycles. The largest absolute Gasteiger partial charge is 0.107 e. The monoisotopic (exact) mass is 714 g/mol. The molecular formula is H5AsI5. The van der Waals surface area contributed by atoms with Crippen LogP contribution in [0.3, 0.4) is 0 Å². The van der Waals surface area contributed by atoms with Gasteiger partial charge in [0.05, 0.1) is 0 Å². The molecule has 45 valence electrons. The second-order valence-electron chi connectivity index (χ2n) is 0. The van der Waals surface area contributed by atoms with Gasteiger partial charge in [-0.25, -0.2) is 0 Å². The van der Waals surface area contributed by atoms with Gasteiger partial charge >= 0.3 is 0 Å². The van der Waals surface area contributed by atoms with Crippen LogP contribution in [0.15, 0.2) is 0 Å². The minimum atomic E-state index is 0. The quantitative estimate of drug-likeness (QED) is 0.268. The summed E-state index contributed by atoms with van der Waals surface area (Å²) >= 11 is 0. The standard InChI is InChI=1S/As.5HI/h;5*1H. The van der Waals surface area contributed by atoms with Gasteiger partial charge in [0.1, 0.15) is 0 Å². The van der Waals surface area contributed by atoms with E-state index in [4.69, 9.17) is 0 Å². The van der Waals surface area contributed by atoms with Gasteiger partial charge in [-0.1, -0.05) is 0 Å². The SMILES string of the molecule is I.I.I.I.I.[As]. The summed E-state index contributed by atoms with van der Waals surface area (Å²) in [5.74, 6) is 0. The van der Waals surface area contributed by atoms with Crippen molar-refractivity contribution in [3.63, 3.8) is 0 Å². The number of halogens is 5. The predicted octanol–water partition coefficient (Wildman–Crippen LogP) is 2.71. The summed E-state index contributed by atoms with van der Waals surface area (Å²) in [6.07, 6.45) is 0. The molecule has 0 spiro atoms. The van der Waals surface area contributed by atoms with Crippen LogP contribution in [0.5, 0.6) is 0 Å². The zero-order valence-electron chi connectivity index (χ0n) is 2.49. The van der Waals surface area contributed by atoms with Crippen molar-refractivity contribution in [2.75, 3.05) is 0 Å². The summed E-state index contributed by atoms with van der Waals surface area (Å²) in [4.78, 5) is 0. The van der Waals surface area contributed by atoms with Crippen molar-refractivity contribution in [1.29, 1.82) is 0 Å². The maximum absolute atomic E-state index is 0. The van der Waals surface area contributed by atoms with Crippen LogP contribution in [0.2, 0.25) is 0 Å². The molecule has 0 nitrogen and oxygen atoms in total. The zero-order chi connectivity index (χ0) is 0. The van der Waals surface area contributed by atoms with Crippen molar-refractivity contribution in [3.8, 4) is 0 Å². The molecule has 0 heterocycles. The molecule has 0 aromatic rings. The van der Waals surface area contributed by atoms with Crippen LogP contribution >= 0.6 is 120 Å². The molecular weight excluding hydrogens is 709 g/mol. The summed E-state index contributed by atoms with van der Waals surface area (Å²) in [5.41, 5.74) is 0. The van der Waals surface area contributed by atoms with E-state index in [1.807, 2.05) is 0 Å². The maximum Gasteiger partial charge on any atom is 0 e. The second kappa shape index (κ2) is 35.0. The van der Waals surface area contributed by atoms with Gasteiger partial charge in [0.2, 0.25) is 0 Å². The van der Waals surface area contributed by atoms with Gasteiger partial charge in [0, 0.05) is 18.0 Å². The molecule has 0 aromatic heterocycles. The molecule has 6 heavy (non-hydrogen) atoms. The summed E-state index contributed by atoms with van der Waals surface area (Å²) in [5, 5.41) is 0. The van der Waals surface area contributed by atoms with Crippen LogP contribution in [0.4, 0.5) is 0 Å². The first kappa shape index (κ1) is 48.9. The fraction of sp³-hybridized carbons (Fsp3) is 0. The average Bonchev–Trinajstić information content (AvgIpc) is 0. The number of hydrogen-bond acceptors (Lipinski definition) is 0. The minimum absolute atomic E-state index is 0. The summed E-state index contributed by atoms with van der Waals surface area (Å²) < 4.78 is 0. The van der Waals surface area contributed by atoms with Crippen LogP contribution in [-0.4, -0.2) is 18.0 Å². The Kier molecular flexibility index (Phi) is 285. The Morgan fingerprint density at radius 3 is 0.333 bits per heavy atom. The van der Waals surface area contributed by atoms with Crippen molar-refractivity contribution >= 4 is 138 Å². The smallest absolute Gasteiger partial charge is 0 e. The molecule has 0 saturated carbocycles. The Hall–Kier alpha value is 4.21. The number of rotatable bonds is 0. The average molecular weight is 714 g/mol. The summed E-state index contributed by atoms with van der Waals surface area (Å²) in [7, 11) is 0. The molecule has 0 fully saturated rings. The molecule has 0 aliphatic rings. The Balaban J connectivity index is 0. The molecule has 0 amide bonds. The van der Waals surface area contributed by atoms with Gasteiger partial charge in [-0.05, 0) is 0 Å². The van der Waals surface area contributed by atoms with Gasteiger partial charge in [0.15, 0.2) is 0 Å². The topological polar surface area (TPSA) is 0 Å². The number of hydrogen-bond donors (Lipinski definition) is 0. The van der Waals surface area contributed by atoms with E-state index in [9.17, 15) is 0 Å². The summed E-state index contributed by atoms with van der Waals surface area (Å²) in [6.45, 7) is 0. The van der Waals surface area contributed by atoms with E-state index in [2.05, 4.69) is 0 Å². The van der Waals surface area contributed by atoms with Crippen molar-refractivity contribution < 1.29 is 0 Å². The van der Waals surface area contributed by atoms with Gasteiger partial charge in [-0.3, -0.25) is 0 Å². The molecule has 0 N–H and O–H groups in total. The molecule has 0 bridgehead atoms. The first-order valence-corrected chi connectivity index (χ1v) is 0. The van der Waals surface area contributed by atoms with Crippen molar-refractivity contribution in [3.05, 3.63) is 0 Å².